The molecule has 0 fully saturated rings. The van der Waals surface area contributed by atoms with E-state index in [4.69, 9.17) is 0 Å². The third-order valence-electron chi connectivity index (χ3n) is 0.0345. The molecule has 0 aliphatic carbocycles. The lowest BCUT2D eigenvalue weighted by atomic mass is 11.8. The first-order valence-electron chi connectivity index (χ1n) is 0.595. The lowest BCUT2D eigenvalue weighted by Crippen LogP contribution is -1.14. The van der Waals surface area contributed by atoms with Crippen molar-refractivity contribution in [2.45, 2.75) is 0 Å². The first kappa shape index (κ1) is 4.00. The topological polar surface area (TPSA) is 4.36 Å². The van der Waals surface area contributed by atoms with E-state index in [1.807, 2.05) is 5.53 Å². The largest absolute Gasteiger partial charge is 0.369 e. The highest BCUT2D eigenvalue weighted by Gasteiger charge is 1.43. The Bertz CT molecular complexity index is 44.8. The van der Waals surface area contributed by atoms with Gasteiger partial charge in [-0.2, -0.15) is 4.25 Å². The third-order valence-corrected chi connectivity index (χ3v) is 0.311. The Morgan fingerprint density at radius 2 is 2.25 bits per heavy atom. The van der Waals surface area contributed by atoms with Crippen molar-refractivity contribution in [2.24, 2.45) is 0 Å². The molecule has 0 heterocycles. The Kier molecular flexibility index (Phi) is 3.00. The first-order valence-corrected chi connectivity index (χ1v) is 1.34. The standard InChI is InChI=1S/CClNS/c2-1-3-4. The second-order valence-corrected chi connectivity index (χ2v) is 0.527. The fraction of sp³-hybridized carbons (Fsp3) is 0. The zero-order valence-electron chi connectivity index (χ0n) is 1.73. The molecule has 0 bridgehead atoms. The summed E-state index contributed by atoms with van der Waals surface area (Å²) in [6.45, 7) is 0. The Hall–Kier alpha value is 0. The van der Waals surface area contributed by atoms with E-state index in [-0.39, 0.29) is 0 Å². The van der Waals surface area contributed by atoms with Crippen LogP contribution in [0.4, 0.5) is 0 Å². The summed E-state index contributed by atoms with van der Waals surface area (Å²) < 4.78 is 2.83. The van der Waals surface area contributed by atoms with Gasteiger partial charge in [0.25, 0.3) is 0 Å². The molecule has 0 atom stereocenters. The predicted molar refractivity (Wildman–Crippen MR) is 20.5 cm³/mol. The molecule has 0 rings (SSSR count). The summed E-state index contributed by atoms with van der Waals surface area (Å²) >= 11 is 8.60. The van der Waals surface area contributed by atoms with Gasteiger partial charge in [0, 0.05) is 0 Å². The average molecular weight is 93.5 g/mol. The van der Waals surface area contributed by atoms with Gasteiger partial charge in [0.1, 0.15) is 0 Å². The minimum atomic E-state index is 1.84. The second kappa shape index (κ2) is 3.00. The molecule has 0 N–H and O–H groups in total. The normalized spacial score (nSPS) is 3.25. The van der Waals surface area contributed by atoms with Crippen molar-refractivity contribution in [1.29, 1.82) is 0 Å². The van der Waals surface area contributed by atoms with Crippen molar-refractivity contribution < 1.29 is 0 Å². The summed E-state index contributed by atoms with van der Waals surface area (Å²) in [5, 5.41) is 0. The van der Waals surface area contributed by atoms with Crippen LogP contribution in [0.3, 0.4) is 0 Å². The fourth-order valence-electron chi connectivity index (χ4n) is 0. The Morgan fingerprint density at radius 3 is 2.25 bits per heavy atom. The van der Waals surface area contributed by atoms with Crippen LogP contribution in [0.5, 0.6) is 0 Å². The lowest BCUT2D eigenvalue weighted by molar-refractivity contribution is 2.74. The van der Waals surface area contributed by atoms with E-state index in [2.05, 4.69) is 28.7 Å². The maximum absolute atomic E-state index is 4.67. The van der Waals surface area contributed by atoms with Crippen LogP contribution in [0, 0.1) is 5.53 Å². The van der Waals surface area contributed by atoms with Crippen LogP contribution in [0.15, 0.2) is 0 Å². The van der Waals surface area contributed by atoms with Gasteiger partial charge in [-0.25, -0.2) is 0 Å². The quantitative estimate of drug-likeness (QED) is 0.404. The van der Waals surface area contributed by atoms with Gasteiger partial charge < -0.3 is 0 Å². The summed E-state index contributed by atoms with van der Waals surface area (Å²) in [7, 11) is 0. The van der Waals surface area contributed by atoms with Crippen molar-refractivity contribution in [2.75, 3.05) is 0 Å². The molecule has 0 aromatic heterocycles. The van der Waals surface area contributed by atoms with Crippen LogP contribution in [-0.4, -0.2) is 0 Å². The minimum Gasteiger partial charge on any atom is -0.262 e. The van der Waals surface area contributed by atoms with Gasteiger partial charge in [-0.15, -0.1) is 0 Å². The van der Waals surface area contributed by atoms with Gasteiger partial charge in [-0.1, -0.05) is 0 Å². The van der Waals surface area contributed by atoms with Gasteiger partial charge in [0.15, 0.2) is 0 Å². The molecule has 3 heteroatoms. The van der Waals surface area contributed by atoms with E-state index in [0.717, 1.165) is 0 Å². The van der Waals surface area contributed by atoms with Crippen LogP contribution in [0.2, 0.25) is 0 Å². The van der Waals surface area contributed by atoms with Crippen molar-refractivity contribution >= 4 is 24.4 Å². The van der Waals surface area contributed by atoms with Gasteiger partial charge in [0.2, 0.25) is 0 Å². The van der Waals surface area contributed by atoms with Crippen LogP contribution in [-0.2, 0) is 12.8 Å². The number of nitrogens with zero attached hydrogens (tertiary/aromatic N) is 1. The Morgan fingerprint density at radius 1 is 2.00 bits per heavy atom. The number of hydrogen-bond donors (Lipinski definition) is 0. The lowest BCUT2D eigenvalue weighted by Gasteiger charge is -1.38. The molecule has 22 valence electrons. The third kappa shape index (κ3) is 2.00. The van der Waals surface area contributed by atoms with E-state index < -0.39 is 0 Å². The van der Waals surface area contributed by atoms with Gasteiger partial charge >= 0.3 is 5.53 Å². The molecule has 4 heavy (non-hydrogen) atoms. The number of halogens is 1. The van der Waals surface area contributed by atoms with E-state index in [0.29, 0.717) is 0 Å². The molecule has 0 radical (unpaired) electrons. The zero-order valence-corrected chi connectivity index (χ0v) is 3.31. The van der Waals surface area contributed by atoms with Crippen molar-refractivity contribution in [1.82, 2.24) is 0 Å². The maximum atomic E-state index is 4.67. The van der Waals surface area contributed by atoms with Crippen LogP contribution >= 0.6 is 11.6 Å². The number of hydrogen-bond acceptors (Lipinski definition) is 1. The van der Waals surface area contributed by atoms with Crippen molar-refractivity contribution in [3.8, 4) is 5.53 Å². The molecule has 0 amide bonds. The molecule has 1 nitrogen and oxygen atoms in total. The van der Waals surface area contributed by atoms with Crippen LogP contribution in [0.1, 0.15) is 0 Å². The summed E-state index contributed by atoms with van der Waals surface area (Å²) in [6.07, 6.45) is 0. The molecule has 0 aliphatic heterocycles. The summed E-state index contributed by atoms with van der Waals surface area (Å²) in [5.41, 5.74) is 1.84. The summed E-state index contributed by atoms with van der Waals surface area (Å²) in [6, 6.07) is 0. The van der Waals surface area contributed by atoms with Gasteiger partial charge in [-0.05, 0) is 0 Å². The first-order chi connectivity index (χ1) is 1.91. The van der Waals surface area contributed by atoms with E-state index in [1.54, 1.807) is 0 Å². The molecule has 0 unspecified atom stereocenters. The molecule has 0 saturated carbocycles. The van der Waals surface area contributed by atoms with Crippen LogP contribution < -0.4 is 0 Å². The van der Waals surface area contributed by atoms with Gasteiger partial charge in [0.05, 0.1) is 11.6 Å². The Labute approximate surface area is 34.9 Å². The van der Waals surface area contributed by atoms with E-state index in [1.165, 1.54) is 0 Å². The molecular formula is CClNS. The van der Waals surface area contributed by atoms with E-state index in [9.17, 15) is 0 Å². The molecule has 0 aliphatic rings. The molecule has 0 aromatic rings. The SMILES string of the molecule is [S-][N+]#CCl. The summed E-state index contributed by atoms with van der Waals surface area (Å²) in [5.74, 6) is 0. The zero-order chi connectivity index (χ0) is 3.41. The van der Waals surface area contributed by atoms with E-state index >= 15 is 0 Å². The van der Waals surface area contributed by atoms with Crippen molar-refractivity contribution in [3.63, 3.8) is 0 Å². The molecule has 0 saturated heterocycles. The maximum Gasteiger partial charge on any atom is 0.369 e. The van der Waals surface area contributed by atoms with Crippen LogP contribution in [0.25, 0.3) is 4.25 Å². The second-order valence-electron chi connectivity index (χ2n) is 0.176. The number of rotatable bonds is 0. The Balaban J connectivity index is 2.83. The van der Waals surface area contributed by atoms with Gasteiger partial charge in [-0.3, -0.25) is 12.8 Å². The monoisotopic (exact) mass is 92.9 g/mol. The predicted octanol–water partition coefficient (Wildman–Crippen LogP) is 0.978. The minimum absolute atomic E-state index is 1.84. The molecule has 0 aromatic carbocycles. The summed E-state index contributed by atoms with van der Waals surface area (Å²) in [4.78, 5) is 0. The van der Waals surface area contributed by atoms with Crippen molar-refractivity contribution in [3.05, 3.63) is 4.25 Å². The highest BCUT2D eigenvalue weighted by Crippen LogP contribution is 1.60. The highest BCUT2D eigenvalue weighted by molar-refractivity contribution is 7.61. The fourth-order valence-corrected chi connectivity index (χ4v) is 0. The highest BCUT2D eigenvalue weighted by atomic mass is 35.5. The average Bonchev–Trinajstić information content (AvgIpc) is 1.37. The smallest absolute Gasteiger partial charge is 0.262 e. The molecule has 0 spiro atoms. The molecular weight excluding hydrogens is 93.5 g/mol.